The molecule has 144 valence electrons. The number of aryl methyl sites for hydroxylation is 1. The maximum atomic E-state index is 13.2. The van der Waals surface area contributed by atoms with E-state index < -0.39 is 0 Å². The van der Waals surface area contributed by atoms with Gasteiger partial charge in [0, 0.05) is 18.0 Å². The molecule has 1 aromatic heterocycles. The molecule has 4 fully saturated rings. The summed E-state index contributed by atoms with van der Waals surface area (Å²) in [5.74, 6) is 3.29. The second-order valence-electron chi connectivity index (χ2n) is 9.23. The Morgan fingerprint density at radius 2 is 1.78 bits per heavy atom. The molecule has 1 aromatic carbocycles. The summed E-state index contributed by atoms with van der Waals surface area (Å²) in [4.78, 5) is 13.2. The Kier molecular flexibility index (Phi) is 4.45. The number of hydrogen-bond donors (Lipinski definition) is 1. The number of benzene rings is 1. The second kappa shape index (κ2) is 6.96. The average Bonchev–Trinajstić information content (AvgIpc) is 3.03. The first-order valence-electron chi connectivity index (χ1n) is 11.0. The first-order valence-corrected chi connectivity index (χ1v) is 11.0. The lowest BCUT2D eigenvalue weighted by Crippen LogP contribution is -2.55. The van der Waals surface area contributed by atoms with Crippen LogP contribution >= 0.6 is 0 Å². The maximum Gasteiger partial charge on any atom is 0.272 e. The van der Waals surface area contributed by atoms with Crippen LogP contribution in [0.1, 0.15) is 68.8 Å². The minimum atomic E-state index is 0.0397. The molecule has 6 rings (SSSR count). The van der Waals surface area contributed by atoms with Gasteiger partial charge in [-0.25, -0.2) is 0 Å². The highest BCUT2D eigenvalue weighted by Crippen LogP contribution is 2.53. The van der Waals surface area contributed by atoms with Crippen LogP contribution in [0.5, 0.6) is 0 Å². The number of nitrogens with one attached hydrogen (secondary N) is 1. The molecule has 0 spiro atoms. The summed E-state index contributed by atoms with van der Waals surface area (Å²) in [6.07, 6.45) is 10.2. The van der Waals surface area contributed by atoms with Gasteiger partial charge in [0.05, 0.1) is 5.52 Å². The molecule has 0 radical (unpaired) electrons. The van der Waals surface area contributed by atoms with Crippen LogP contribution in [0.15, 0.2) is 24.3 Å². The van der Waals surface area contributed by atoms with Gasteiger partial charge < -0.3 is 5.32 Å². The Bertz CT molecular complexity index is 811. The summed E-state index contributed by atoms with van der Waals surface area (Å²) in [6, 6.07) is 8.56. The predicted octanol–water partition coefficient (Wildman–Crippen LogP) is 4.78. The third-order valence-electron chi connectivity index (χ3n) is 7.37. The minimum absolute atomic E-state index is 0.0397. The molecule has 4 aliphatic carbocycles. The van der Waals surface area contributed by atoms with Gasteiger partial charge in [-0.2, -0.15) is 5.10 Å². The first-order chi connectivity index (χ1) is 13.2. The van der Waals surface area contributed by atoms with Gasteiger partial charge in [-0.1, -0.05) is 38.0 Å². The smallest absolute Gasteiger partial charge is 0.272 e. The summed E-state index contributed by atoms with van der Waals surface area (Å²) in [5, 5.41) is 9.18. The molecule has 1 heterocycles. The molecule has 0 atom stereocenters. The van der Waals surface area contributed by atoms with Crippen LogP contribution in [0, 0.1) is 23.7 Å². The van der Waals surface area contributed by atoms with E-state index >= 15 is 0 Å². The van der Waals surface area contributed by atoms with Crippen LogP contribution < -0.4 is 5.32 Å². The van der Waals surface area contributed by atoms with Crippen molar-refractivity contribution in [2.45, 2.75) is 70.9 Å². The zero-order valence-corrected chi connectivity index (χ0v) is 16.4. The Morgan fingerprint density at radius 3 is 2.48 bits per heavy atom. The van der Waals surface area contributed by atoms with Crippen LogP contribution in [0.25, 0.3) is 10.9 Å². The number of hydrogen-bond acceptors (Lipinski definition) is 2. The number of fused-ring (bicyclic) bond motifs is 1. The van der Waals surface area contributed by atoms with Gasteiger partial charge in [-0.05, 0) is 68.3 Å². The Hall–Kier alpha value is -1.84. The molecular weight excluding hydrogens is 334 g/mol. The molecule has 1 N–H and O–H groups in total. The van der Waals surface area contributed by atoms with Gasteiger partial charge in [0.1, 0.15) is 0 Å². The van der Waals surface area contributed by atoms with E-state index in [0.29, 0.717) is 23.6 Å². The fourth-order valence-corrected chi connectivity index (χ4v) is 6.36. The predicted molar refractivity (Wildman–Crippen MR) is 108 cm³/mol. The lowest BCUT2D eigenvalue weighted by molar-refractivity contribution is -0.0120. The molecule has 1 amide bonds. The first kappa shape index (κ1) is 17.3. The molecule has 0 aliphatic heterocycles. The van der Waals surface area contributed by atoms with Gasteiger partial charge in [-0.3, -0.25) is 9.48 Å². The Labute approximate surface area is 161 Å². The van der Waals surface area contributed by atoms with Crippen molar-refractivity contribution in [2.75, 3.05) is 0 Å². The summed E-state index contributed by atoms with van der Waals surface area (Å²) in [6.45, 7) is 3.10. The highest BCUT2D eigenvalue weighted by molar-refractivity contribution is 6.05. The summed E-state index contributed by atoms with van der Waals surface area (Å²) >= 11 is 0. The quantitative estimate of drug-likeness (QED) is 0.749. The van der Waals surface area contributed by atoms with Crippen molar-refractivity contribution >= 4 is 16.8 Å². The number of unbranched alkanes of at least 4 members (excludes halogenated alkanes) is 2. The molecule has 4 heteroatoms. The molecule has 2 aromatic rings. The average molecular weight is 366 g/mol. The van der Waals surface area contributed by atoms with E-state index in [1.165, 1.54) is 44.9 Å². The second-order valence-corrected chi connectivity index (χ2v) is 9.23. The van der Waals surface area contributed by atoms with Gasteiger partial charge in [-0.15, -0.1) is 0 Å². The van der Waals surface area contributed by atoms with Crippen molar-refractivity contribution in [1.82, 2.24) is 15.1 Å². The van der Waals surface area contributed by atoms with Crippen LogP contribution in [-0.2, 0) is 6.54 Å². The van der Waals surface area contributed by atoms with E-state index in [4.69, 9.17) is 5.10 Å². The van der Waals surface area contributed by atoms with Gasteiger partial charge in [0.25, 0.3) is 5.91 Å². The molecule has 4 aliphatic rings. The fourth-order valence-electron chi connectivity index (χ4n) is 6.36. The number of nitrogens with zero attached hydrogens (tertiary/aromatic N) is 2. The van der Waals surface area contributed by atoms with Crippen LogP contribution in [-0.4, -0.2) is 21.7 Å². The summed E-state index contributed by atoms with van der Waals surface area (Å²) < 4.78 is 2.04. The zero-order chi connectivity index (χ0) is 18.4. The van der Waals surface area contributed by atoms with Gasteiger partial charge in [0.15, 0.2) is 5.69 Å². The molecule has 0 unspecified atom stereocenters. The summed E-state index contributed by atoms with van der Waals surface area (Å²) in [5.41, 5.74) is 1.71. The van der Waals surface area contributed by atoms with E-state index in [0.717, 1.165) is 35.7 Å². The highest BCUT2D eigenvalue weighted by atomic mass is 16.2. The highest BCUT2D eigenvalue weighted by Gasteiger charge is 2.48. The number of carbonyl (C=O) groups excluding carboxylic acids is 1. The monoisotopic (exact) mass is 365 g/mol. The largest absolute Gasteiger partial charge is 0.347 e. The third-order valence-corrected chi connectivity index (χ3v) is 7.37. The molecule has 27 heavy (non-hydrogen) atoms. The number of para-hydroxylation sites is 1. The van der Waals surface area contributed by atoms with Crippen molar-refractivity contribution in [2.24, 2.45) is 23.7 Å². The number of aromatic nitrogens is 2. The van der Waals surface area contributed by atoms with E-state index in [1.807, 2.05) is 22.9 Å². The normalized spacial score (nSPS) is 31.5. The van der Waals surface area contributed by atoms with Crippen molar-refractivity contribution in [3.05, 3.63) is 30.0 Å². The summed E-state index contributed by atoms with van der Waals surface area (Å²) in [7, 11) is 0. The lowest BCUT2D eigenvalue weighted by Gasteiger charge is -2.54. The SMILES string of the molecule is CCCCCn1nc(C(=O)NC2C3CC4CC(C3)CC2C4)c2ccccc21. The lowest BCUT2D eigenvalue weighted by atomic mass is 9.54. The minimum Gasteiger partial charge on any atom is -0.347 e. The molecule has 4 saturated carbocycles. The van der Waals surface area contributed by atoms with E-state index in [9.17, 15) is 4.79 Å². The number of carbonyl (C=O) groups is 1. The molecule has 4 bridgehead atoms. The maximum absolute atomic E-state index is 13.2. The van der Waals surface area contributed by atoms with E-state index in [-0.39, 0.29) is 5.91 Å². The van der Waals surface area contributed by atoms with Crippen molar-refractivity contribution in [1.29, 1.82) is 0 Å². The molecular formula is C23H31N3O. The van der Waals surface area contributed by atoms with E-state index in [2.05, 4.69) is 18.3 Å². The molecule has 0 saturated heterocycles. The topological polar surface area (TPSA) is 46.9 Å². The zero-order valence-electron chi connectivity index (χ0n) is 16.4. The Balaban J connectivity index is 1.38. The van der Waals surface area contributed by atoms with Crippen molar-refractivity contribution in [3.8, 4) is 0 Å². The van der Waals surface area contributed by atoms with Crippen LogP contribution in [0.2, 0.25) is 0 Å². The van der Waals surface area contributed by atoms with Gasteiger partial charge >= 0.3 is 0 Å². The fraction of sp³-hybridized carbons (Fsp3) is 0.652. The van der Waals surface area contributed by atoms with E-state index in [1.54, 1.807) is 0 Å². The van der Waals surface area contributed by atoms with Crippen LogP contribution in [0.4, 0.5) is 0 Å². The van der Waals surface area contributed by atoms with Crippen molar-refractivity contribution in [3.63, 3.8) is 0 Å². The van der Waals surface area contributed by atoms with Crippen LogP contribution in [0.3, 0.4) is 0 Å². The van der Waals surface area contributed by atoms with Gasteiger partial charge in [0.2, 0.25) is 0 Å². The standard InChI is InChI=1S/C23H31N3O/c1-2-3-6-9-26-20-8-5-4-7-19(20)22(25-26)23(27)24-21-17-11-15-10-16(13-17)14-18(21)12-15/h4-5,7-8,15-18,21H,2-3,6,9-14H2,1H3,(H,24,27). The Morgan fingerprint density at radius 1 is 1.07 bits per heavy atom. The number of rotatable bonds is 6. The molecule has 4 nitrogen and oxygen atoms in total. The third kappa shape index (κ3) is 3.07. The number of amides is 1. The van der Waals surface area contributed by atoms with Crippen molar-refractivity contribution < 1.29 is 4.79 Å².